The molecule has 2 N–H and O–H groups in total. The summed E-state index contributed by atoms with van der Waals surface area (Å²) < 4.78 is 1.92. The molecule has 0 saturated carbocycles. The van der Waals surface area contributed by atoms with Crippen LogP contribution in [0.15, 0.2) is 24.4 Å². The molecule has 0 amide bonds. The van der Waals surface area contributed by atoms with Gasteiger partial charge in [0.15, 0.2) is 0 Å². The molecular formula is C12H15N3. The molecule has 78 valence electrons. The third-order valence-corrected chi connectivity index (χ3v) is 2.47. The van der Waals surface area contributed by atoms with Gasteiger partial charge in [-0.3, -0.25) is 4.57 Å². The lowest BCUT2D eigenvalue weighted by Crippen LogP contribution is -2.01. The van der Waals surface area contributed by atoms with Crippen LogP contribution < -0.4 is 5.73 Å². The summed E-state index contributed by atoms with van der Waals surface area (Å²) in [7, 11) is 0. The molecule has 3 heteroatoms. The fraction of sp³-hybridized carbons (Fsp3) is 0.250. The molecule has 0 aliphatic heterocycles. The summed E-state index contributed by atoms with van der Waals surface area (Å²) in [6, 6.07) is 6.30. The van der Waals surface area contributed by atoms with Crippen LogP contribution in [-0.2, 0) is 0 Å². The molecule has 0 atom stereocenters. The Morgan fingerprint density at radius 2 is 1.93 bits per heavy atom. The number of imidazole rings is 1. The number of benzene rings is 1. The number of nitrogen functional groups attached to an aromatic ring is 1. The number of hydrogen-bond acceptors (Lipinski definition) is 2. The van der Waals surface area contributed by atoms with E-state index in [1.165, 1.54) is 11.1 Å². The molecule has 1 heterocycles. The lowest BCUT2D eigenvalue weighted by Gasteiger charge is -2.08. The normalized spacial score (nSPS) is 10.6. The first-order valence-corrected chi connectivity index (χ1v) is 4.97. The van der Waals surface area contributed by atoms with Gasteiger partial charge in [-0.1, -0.05) is 17.7 Å². The van der Waals surface area contributed by atoms with E-state index in [0.29, 0.717) is 5.95 Å². The number of nitrogens with two attached hydrogens (primary N) is 1. The summed E-state index contributed by atoms with van der Waals surface area (Å²) in [6.45, 7) is 6.10. The van der Waals surface area contributed by atoms with Gasteiger partial charge in [0.2, 0.25) is 5.95 Å². The third-order valence-electron chi connectivity index (χ3n) is 2.47. The van der Waals surface area contributed by atoms with Gasteiger partial charge in [-0.05, 0) is 32.4 Å². The summed E-state index contributed by atoms with van der Waals surface area (Å²) in [5.74, 6) is 0.541. The van der Waals surface area contributed by atoms with Crippen molar-refractivity contribution in [2.24, 2.45) is 0 Å². The molecule has 0 bridgehead atoms. The van der Waals surface area contributed by atoms with Crippen molar-refractivity contribution in [1.29, 1.82) is 0 Å². The molecule has 0 aliphatic rings. The zero-order valence-electron chi connectivity index (χ0n) is 9.28. The fourth-order valence-corrected chi connectivity index (χ4v) is 1.79. The minimum Gasteiger partial charge on any atom is -0.369 e. The number of rotatable bonds is 1. The van der Waals surface area contributed by atoms with Gasteiger partial charge in [-0.15, -0.1) is 0 Å². The SMILES string of the molecule is Cc1ccc(-n2cc(C)nc2N)c(C)c1. The maximum atomic E-state index is 5.83. The number of nitrogens with zero attached hydrogens (tertiary/aromatic N) is 2. The van der Waals surface area contributed by atoms with Crippen LogP contribution in [0.5, 0.6) is 0 Å². The summed E-state index contributed by atoms with van der Waals surface area (Å²) in [6.07, 6.45) is 1.95. The summed E-state index contributed by atoms with van der Waals surface area (Å²) in [5.41, 5.74) is 10.3. The Kier molecular flexibility index (Phi) is 2.23. The highest BCUT2D eigenvalue weighted by molar-refractivity contribution is 5.47. The zero-order chi connectivity index (χ0) is 11.0. The van der Waals surface area contributed by atoms with E-state index in [2.05, 4.69) is 37.0 Å². The van der Waals surface area contributed by atoms with Gasteiger partial charge in [-0.25, -0.2) is 4.98 Å². The first kappa shape index (κ1) is 9.77. The van der Waals surface area contributed by atoms with Crippen molar-refractivity contribution in [2.75, 3.05) is 5.73 Å². The van der Waals surface area contributed by atoms with Gasteiger partial charge >= 0.3 is 0 Å². The average Bonchev–Trinajstić information content (AvgIpc) is 2.45. The first-order chi connectivity index (χ1) is 7.08. The minimum atomic E-state index is 0.541. The summed E-state index contributed by atoms with van der Waals surface area (Å²) >= 11 is 0. The molecule has 2 rings (SSSR count). The van der Waals surface area contributed by atoms with E-state index in [1.807, 2.05) is 17.7 Å². The second-order valence-electron chi connectivity index (χ2n) is 3.90. The monoisotopic (exact) mass is 201 g/mol. The van der Waals surface area contributed by atoms with Crippen LogP contribution in [0.25, 0.3) is 5.69 Å². The molecule has 0 spiro atoms. The van der Waals surface area contributed by atoms with E-state index in [4.69, 9.17) is 5.73 Å². The van der Waals surface area contributed by atoms with Crippen LogP contribution in [0.3, 0.4) is 0 Å². The topological polar surface area (TPSA) is 43.8 Å². The number of hydrogen-bond donors (Lipinski definition) is 1. The molecule has 3 nitrogen and oxygen atoms in total. The lowest BCUT2D eigenvalue weighted by molar-refractivity contribution is 1.05. The highest BCUT2D eigenvalue weighted by atomic mass is 15.1. The Morgan fingerprint density at radius 3 is 2.47 bits per heavy atom. The van der Waals surface area contributed by atoms with Crippen LogP contribution in [-0.4, -0.2) is 9.55 Å². The second kappa shape index (κ2) is 3.42. The summed E-state index contributed by atoms with van der Waals surface area (Å²) in [4.78, 5) is 4.19. The highest BCUT2D eigenvalue weighted by Gasteiger charge is 2.06. The van der Waals surface area contributed by atoms with E-state index in [0.717, 1.165) is 11.4 Å². The maximum Gasteiger partial charge on any atom is 0.205 e. The Bertz CT molecular complexity index is 498. The lowest BCUT2D eigenvalue weighted by atomic mass is 10.1. The molecular weight excluding hydrogens is 186 g/mol. The molecule has 0 fully saturated rings. The van der Waals surface area contributed by atoms with Gasteiger partial charge in [0, 0.05) is 6.20 Å². The van der Waals surface area contributed by atoms with Crippen molar-refractivity contribution in [2.45, 2.75) is 20.8 Å². The van der Waals surface area contributed by atoms with Gasteiger partial charge in [0.05, 0.1) is 11.4 Å². The fourth-order valence-electron chi connectivity index (χ4n) is 1.79. The van der Waals surface area contributed by atoms with E-state index >= 15 is 0 Å². The highest BCUT2D eigenvalue weighted by Crippen LogP contribution is 2.19. The van der Waals surface area contributed by atoms with Crippen molar-refractivity contribution < 1.29 is 0 Å². The Balaban J connectivity index is 2.59. The Morgan fingerprint density at radius 1 is 1.20 bits per heavy atom. The van der Waals surface area contributed by atoms with Crippen LogP contribution in [0.4, 0.5) is 5.95 Å². The molecule has 1 aromatic heterocycles. The van der Waals surface area contributed by atoms with Gasteiger partial charge < -0.3 is 5.73 Å². The zero-order valence-corrected chi connectivity index (χ0v) is 9.28. The molecule has 1 aromatic carbocycles. The molecule has 0 aliphatic carbocycles. The van der Waals surface area contributed by atoms with E-state index in [9.17, 15) is 0 Å². The second-order valence-corrected chi connectivity index (χ2v) is 3.90. The minimum absolute atomic E-state index is 0.541. The van der Waals surface area contributed by atoms with E-state index in [-0.39, 0.29) is 0 Å². The predicted octanol–water partition coefficient (Wildman–Crippen LogP) is 2.38. The number of anilines is 1. The predicted molar refractivity (Wildman–Crippen MR) is 62.2 cm³/mol. The standard InChI is InChI=1S/C12H15N3/c1-8-4-5-11(9(2)6-8)15-7-10(3)14-12(15)13/h4-7H,1-3H3,(H2,13,14). The summed E-state index contributed by atoms with van der Waals surface area (Å²) in [5, 5.41) is 0. The first-order valence-electron chi connectivity index (χ1n) is 4.97. The Labute approximate surface area is 89.6 Å². The van der Waals surface area contributed by atoms with Crippen molar-refractivity contribution in [1.82, 2.24) is 9.55 Å². The van der Waals surface area contributed by atoms with E-state index < -0.39 is 0 Å². The van der Waals surface area contributed by atoms with Gasteiger partial charge in [0.1, 0.15) is 0 Å². The van der Waals surface area contributed by atoms with Crippen molar-refractivity contribution in [3.05, 3.63) is 41.2 Å². The van der Waals surface area contributed by atoms with Crippen LogP contribution in [0.2, 0.25) is 0 Å². The third kappa shape index (κ3) is 1.73. The smallest absolute Gasteiger partial charge is 0.205 e. The average molecular weight is 201 g/mol. The van der Waals surface area contributed by atoms with Crippen molar-refractivity contribution >= 4 is 5.95 Å². The van der Waals surface area contributed by atoms with Crippen molar-refractivity contribution in [3.63, 3.8) is 0 Å². The largest absolute Gasteiger partial charge is 0.369 e. The van der Waals surface area contributed by atoms with Gasteiger partial charge in [-0.2, -0.15) is 0 Å². The van der Waals surface area contributed by atoms with Crippen LogP contribution in [0.1, 0.15) is 16.8 Å². The van der Waals surface area contributed by atoms with Crippen LogP contribution >= 0.6 is 0 Å². The number of aryl methyl sites for hydroxylation is 3. The molecule has 0 unspecified atom stereocenters. The molecule has 2 aromatic rings. The van der Waals surface area contributed by atoms with Crippen molar-refractivity contribution in [3.8, 4) is 5.69 Å². The van der Waals surface area contributed by atoms with E-state index in [1.54, 1.807) is 0 Å². The number of aromatic nitrogens is 2. The molecule has 15 heavy (non-hydrogen) atoms. The molecule has 0 radical (unpaired) electrons. The maximum absolute atomic E-state index is 5.83. The Hall–Kier alpha value is -1.77. The van der Waals surface area contributed by atoms with Crippen LogP contribution in [0, 0.1) is 20.8 Å². The molecule has 0 saturated heterocycles. The van der Waals surface area contributed by atoms with Gasteiger partial charge in [0.25, 0.3) is 0 Å². The quantitative estimate of drug-likeness (QED) is 0.769.